The van der Waals surface area contributed by atoms with Gasteiger partial charge in [0.05, 0.1) is 12.4 Å². The van der Waals surface area contributed by atoms with E-state index in [1.165, 1.54) is 0 Å². The summed E-state index contributed by atoms with van der Waals surface area (Å²) in [5.41, 5.74) is 5.79. The van der Waals surface area contributed by atoms with Crippen LogP contribution in [0.15, 0.2) is 12.4 Å². The van der Waals surface area contributed by atoms with Gasteiger partial charge < -0.3 is 10.6 Å². The van der Waals surface area contributed by atoms with E-state index in [4.69, 9.17) is 11.1 Å². The van der Waals surface area contributed by atoms with Crippen LogP contribution in [-0.4, -0.2) is 39.4 Å². The van der Waals surface area contributed by atoms with Gasteiger partial charge in [-0.1, -0.05) is 6.92 Å². The van der Waals surface area contributed by atoms with Gasteiger partial charge in [-0.3, -0.25) is 5.41 Å². The number of hydrogen-bond donors (Lipinski definition) is 2. The fraction of sp³-hybridized carbons (Fsp3) is 0.545. The van der Waals surface area contributed by atoms with Crippen LogP contribution in [0.1, 0.15) is 19.5 Å². The molecule has 1 saturated heterocycles. The number of amidine groups is 1. The van der Waals surface area contributed by atoms with Crippen molar-refractivity contribution in [3.63, 3.8) is 0 Å². The van der Waals surface area contributed by atoms with Crippen LogP contribution in [0.4, 0.5) is 5.82 Å². The Morgan fingerprint density at radius 3 is 2.82 bits per heavy atom. The van der Waals surface area contributed by atoms with Crippen LogP contribution in [0.2, 0.25) is 0 Å². The van der Waals surface area contributed by atoms with Gasteiger partial charge in [0.2, 0.25) is 0 Å². The van der Waals surface area contributed by atoms with Gasteiger partial charge in [0.25, 0.3) is 0 Å². The summed E-state index contributed by atoms with van der Waals surface area (Å²) >= 11 is 1.99. The molecule has 92 valence electrons. The zero-order chi connectivity index (χ0) is 12.4. The number of aromatic nitrogens is 2. The predicted octanol–water partition coefficient (Wildman–Crippen LogP) is 1.09. The summed E-state index contributed by atoms with van der Waals surface area (Å²) in [4.78, 5) is 10.8. The number of nitrogens with one attached hydrogen (secondary N) is 1. The molecule has 2 atom stereocenters. The molecule has 1 aromatic heterocycles. The number of nitrogens with two attached hydrogens (primary N) is 1. The molecule has 0 radical (unpaired) electrons. The van der Waals surface area contributed by atoms with Crippen molar-refractivity contribution in [3.8, 4) is 0 Å². The highest BCUT2D eigenvalue weighted by Gasteiger charge is 2.26. The lowest BCUT2D eigenvalue weighted by Gasteiger charge is -2.38. The van der Waals surface area contributed by atoms with Gasteiger partial charge in [-0.05, 0) is 6.92 Å². The van der Waals surface area contributed by atoms with Gasteiger partial charge >= 0.3 is 0 Å². The molecule has 5 nitrogen and oxygen atoms in total. The third-order valence-electron chi connectivity index (χ3n) is 3.09. The number of thioether (sulfide) groups is 1. The Hall–Kier alpha value is -1.30. The highest BCUT2D eigenvalue weighted by atomic mass is 32.2. The largest absolute Gasteiger partial charge is 0.382 e. The average Bonchev–Trinajstić information content (AvgIpc) is 2.33. The summed E-state index contributed by atoms with van der Waals surface area (Å²) < 4.78 is 0. The molecule has 0 aliphatic carbocycles. The van der Waals surface area contributed by atoms with Crippen molar-refractivity contribution >= 4 is 23.4 Å². The van der Waals surface area contributed by atoms with Crippen molar-refractivity contribution in [1.82, 2.24) is 9.97 Å². The molecule has 2 rings (SSSR count). The van der Waals surface area contributed by atoms with Crippen LogP contribution in [0.3, 0.4) is 0 Å². The van der Waals surface area contributed by atoms with Crippen LogP contribution < -0.4 is 10.6 Å². The molecule has 2 unspecified atom stereocenters. The molecule has 0 saturated carbocycles. The summed E-state index contributed by atoms with van der Waals surface area (Å²) in [6.45, 7) is 5.43. The lowest BCUT2D eigenvalue weighted by molar-refractivity contribution is 0.619. The van der Waals surface area contributed by atoms with Crippen LogP contribution in [0, 0.1) is 5.41 Å². The van der Waals surface area contributed by atoms with E-state index in [-0.39, 0.29) is 5.84 Å². The first-order valence-electron chi connectivity index (χ1n) is 5.64. The van der Waals surface area contributed by atoms with Gasteiger partial charge in [-0.2, -0.15) is 11.8 Å². The molecule has 6 heteroatoms. The average molecular weight is 251 g/mol. The summed E-state index contributed by atoms with van der Waals surface area (Å²) in [6.07, 6.45) is 3.27. The summed E-state index contributed by atoms with van der Waals surface area (Å²) in [5, 5.41) is 7.88. The molecule has 1 aliphatic heterocycles. The zero-order valence-electron chi connectivity index (χ0n) is 10.1. The van der Waals surface area contributed by atoms with Gasteiger partial charge in [0.1, 0.15) is 17.3 Å². The molecule has 1 aromatic rings. The van der Waals surface area contributed by atoms with Gasteiger partial charge in [-0.15, -0.1) is 0 Å². The van der Waals surface area contributed by atoms with E-state index < -0.39 is 0 Å². The standard InChI is InChI=1S/C11H17N5S/c1-7-8(2)17-4-3-16(7)10-6-14-9(5-15-10)11(12)13/h5-8H,3-4H2,1-2H3,(H3,12,13). The van der Waals surface area contributed by atoms with Crippen molar-refractivity contribution in [2.45, 2.75) is 25.1 Å². The first-order valence-corrected chi connectivity index (χ1v) is 6.69. The second kappa shape index (κ2) is 4.91. The van der Waals surface area contributed by atoms with Crippen molar-refractivity contribution in [3.05, 3.63) is 18.1 Å². The molecule has 1 aliphatic rings. The maximum Gasteiger partial charge on any atom is 0.147 e. The van der Waals surface area contributed by atoms with Crippen LogP contribution in [0.25, 0.3) is 0 Å². The Labute approximate surface area is 105 Å². The molecule has 17 heavy (non-hydrogen) atoms. The van der Waals surface area contributed by atoms with E-state index in [1.54, 1.807) is 12.4 Å². The molecular weight excluding hydrogens is 234 g/mol. The van der Waals surface area contributed by atoms with Gasteiger partial charge in [-0.25, -0.2) is 9.97 Å². The first kappa shape index (κ1) is 12.2. The smallest absolute Gasteiger partial charge is 0.147 e. The summed E-state index contributed by atoms with van der Waals surface area (Å²) in [5.74, 6) is 1.94. The number of rotatable bonds is 2. The molecule has 0 bridgehead atoms. The fourth-order valence-corrected chi connectivity index (χ4v) is 2.96. The molecule has 3 N–H and O–H groups in total. The molecule has 0 spiro atoms. The lowest BCUT2D eigenvalue weighted by Crippen LogP contribution is -2.45. The molecule has 1 fully saturated rings. The lowest BCUT2D eigenvalue weighted by atomic mass is 10.2. The SMILES string of the molecule is CC1SCCN(c2cnc(C(=N)N)cn2)C1C. The van der Waals surface area contributed by atoms with Gasteiger partial charge in [0.15, 0.2) is 0 Å². The molecular formula is C11H17N5S. The van der Waals surface area contributed by atoms with E-state index in [9.17, 15) is 0 Å². The van der Waals surface area contributed by atoms with Crippen LogP contribution >= 0.6 is 11.8 Å². The summed E-state index contributed by atoms with van der Waals surface area (Å²) in [7, 11) is 0. The normalized spacial score (nSPS) is 24.7. The highest BCUT2D eigenvalue weighted by molar-refractivity contribution is 8.00. The van der Waals surface area contributed by atoms with E-state index in [2.05, 4.69) is 28.7 Å². The number of anilines is 1. The third kappa shape index (κ3) is 2.52. The maximum atomic E-state index is 7.28. The zero-order valence-corrected chi connectivity index (χ0v) is 10.9. The second-order valence-electron chi connectivity index (χ2n) is 4.18. The predicted molar refractivity (Wildman–Crippen MR) is 71.8 cm³/mol. The summed E-state index contributed by atoms with van der Waals surface area (Å²) in [6, 6.07) is 0.450. The first-order chi connectivity index (χ1) is 8.09. The van der Waals surface area contributed by atoms with Crippen molar-refractivity contribution in [1.29, 1.82) is 5.41 Å². The van der Waals surface area contributed by atoms with Crippen molar-refractivity contribution in [2.75, 3.05) is 17.2 Å². The quantitative estimate of drug-likeness (QED) is 0.607. The topological polar surface area (TPSA) is 78.9 Å². The van der Waals surface area contributed by atoms with Gasteiger partial charge in [0, 0.05) is 23.6 Å². The minimum absolute atomic E-state index is 0.0420. The van der Waals surface area contributed by atoms with E-state index in [0.29, 0.717) is 17.0 Å². The third-order valence-corrected chi connectivity index (χ3v) is 4.43. The Bertz CT molecular complexity index is 405. The number of hydrogen-bond acceptors (Lipinski definition) is 5. The fourth-order valence-electron chi connectivity index (χ4n) is 1.87. The number of nitrogens with zero attached hydrogens (tertiary/aromatic N) is 3. The number of nitrogen functional groups attached to an aromatic ring is 1. The molecule has 2 heterocycles. The Morgan fingerprint density at radius 1 is 1.47 bits per heavy atom. The minimum Gasteiger partial charge on any atom is -0.382 e. The second-order valence-corrected chi connectivity index (χ2v) is 5.67. The Morgan fingerprint density at radius 2 is 2.24 bits per heavy atom. The van der Waals surface area contributed by atoms with E-state index in [0.717, 1.165) is 18.1 Å². The van der Waals surface area contributed by atoms with E-state index >= 15 is 0 Å². The van der Waals surface area contributed by atoms with E-state index in [1.807, 2.05) is 11.8 Å². The Kier molecular flexibility index (Phi) is 3.51. The molecule has 0 aromatic carbocycles. The van der Waals surface area contributed by atoms with Crippen molar-refractivity contribution in [2.24, 2.45) is 5.73 Å². The Balaban J connectivity index is 2.19. The van der Waals surface area contributed by atoms with Crippen LogP contribution in [0.5, 0.6) is 0 Å². The minimum atomic E-state index is -0.0420. The monoisotopic (exact) mass is 251 g/mol. The van der Waals surface area contributed by atoms with Crippen LogP contribution in [-0.2, 0) is 0 Å². The van der Waals surface area contributed by atoms with Crippen molar-refractivity contribution < 1.29 is 0 Å². The molecule has 0 amide bonds. The maximum absolute atomic E-state index is 7.28. The highest BCUT2D eigenvalue weighted by Crippen LogP contribution is 2.27.